The fraction of sp³-hybridized carbons (Fsp3) is 0.208. The van der Waals surface area contributed by atoms with Gasteiger partial charge < -0.3 is 4.57 Å². The first-order chi connectivity index (χ1) is 13.6. The molecule has 1 fully saturated rings. The summed E-state index contributed by atoms with van der Waals surface area (Å²) in [7, 11) is 2.13. The first-order valence-corrected chi connectivity index (χ1v) is 9.71. The highest BCUT2D eigenvalue weighted by molar-refractivity contribution is 6.02. The van der Waals surface area contributed by atoms with Crippen LogP contribution in [0.4, 0.5) is 0 Å². The standard InChI is InChI=1S/C24H20N4/c1-24(14-17(24)20-10-9-15-6-3-4-8-18(15)26-20)23-27-22-16-7-5-13-25-19(16)11-12-21(22)28(23)2/h3-13,17H,14H2,1-2H3/t17-,24+/m1/s1. The van der Waals surface area contributed by atoms with E-state index in [-0.39, 0.29) is 5.41 Å². The molecule has 4 heteroatoms. The summed E-state index contributed by atoms with van der Waals surface area (Å²) in [6.07, 6.45) is 2.91. The lowest BCUT2D eigenvalue weighted by molar-refractivity contribution is 0.643. The van der Waals surface area contributed by atoms with E-state index in [1.807, 2.05) is 12.3 Å². The summed E-state index contributed by atoms with van der Waals surface area (Å²) >= 11 is 0. The van der Waals surface area contributed by atoms with Crippen LogP contribution in [0.25, 0.3) is 32.8 Å². The summed E-state index contributed by atoms with van der Waals surface area (Å²) in [6, 6.07) is 21.0. The van der Waals surface area contributed by atoms with E-state index < -0.39 is 0 Å². The number of rotatable bonds is 2. The first kappa shape index (κ1) is 15.8. The van der Waals surface area contributed by atoms with Crippen molar-refractivity contribution >= 4 is 32.8 Å². The Balaban J connectivity index is 1.48. The number of hydrogen-bond donors (Lipinski definition) is 0. The second-order valence-electron chi connectivity index (χ2n) is 8.10. The van der Waals surface area contributed by atoms with Gasteiger partial charge in [0.15, 0.2) is 0 Å². The summed E-state index contributed by atoms with van der Waals surface area (Å²) in [6.45, 7) is 2.32. The van der Waals surface area contributed by atoms with E-state index in [4.69, 9.17) is 9.97 Å². The van der Waals surface area contributed by atoms with Crippen molar-refractivity contribution in [1.29, 1.82) is 0 Å². The van der Waals surface area contributed by atoms with Crippen LogP contribution in [-0.2, 0) is 12.5 Å². The lowest BCUT2D eigenvalue weighted by atomic mass is 10.0. The SMILES string of the molecule is Cn1c([C@@]2(C)C[C@@H]2c2ccc3ccccc3n2)nc2c3cccnc3ccc21. The van der Waals surface area contributed by atoms with E-state index in [1.54, 1.807) is 0 Å². The third-order valence-electron chi connectivity index (χ3n) is 6.36. The van der Waals surface area contributed by atoms with Crippen LogP contribution < -0.4 is 0 Å². The number of imidazole rings is 1. The number of pyridine rings is 2. The topological polar surface area (TPSA) is 43.6 Å². The molecule has 0 N–H and O–H groups in total. The van der Waals surface area contributed by atoms with Gasteiger partial charge in [-0.15, -0.1) is 0 Å². The zero-order chi connectivity index (χ0) is 18.9. The fourth-order valence-electron chi connectivity index (χ4n) is 4.64. The monoisotopic (exact) mass is 364 g/mol. The Bertz CT molecular complexity index is 1380. The summed E-state index contributed by atoms with van der Waals surface area (Å²) in [4.78, 5) is 14.5. The van der Waals surface area contributed by atoms with E-state index in [9.17, 15) is 0 Å². The third kappa shape index (κ3) is 2.09. The maximum atomic E-state index is 5.11. The van der Waals surface area contributed by atoms with Gasteiger partial charge in [0.25, 0.3) is 0 Å². The molecule has 1 saturated carbocycles. The Morgan fingerprint density at radius 3 is 2.75 bits per heavy atom. The van der Waals surface area contributed by atoms with Gasteiger partial charge in [0.2, 0.25) is 0 Å². The average molecular weight is 364 g/mol. The summed E-state index contributed by atoms with van der Waals surface area (Å²) < 4.78 is 2.25. The van der Waals surface area contributed by atoms with Crippen LogP contribution >= 0.6 is 0 Å². The summed E-state index contributed by atoms with van der Waals surface area (Å²) in [5, 5.41) is 2.31. The number of benzene rings is 2. The molecule has 0 unspecified atom stereocenters. The van der Waals surface area contributed by atoms with Gasteiger partial charge in [-0.3, -0.25) is 9.97 Å². The Morgan fingerprint density at radius 2 is 1.82 bits per heavy atom. The van der Waals surface area contributed by atoms with Crippen LogP contribution in [0.15, 0.2) is 66.9 Å². The first-order valence-electron chi connectivity index (χ1n) is 9.71. The molecule has 3 aromatic heterocycles. The van der Waals surface area contributed by atoms with Crippen molar-refractivity contribution in [3.63, 3.8) is 0 Å². The molecule has 0 radical (unpaired) electrons. The smallest absolute Gasteiger partial charge is 0.116 e. The van der Waals surface area contributed by atoms with Gasteiger partial charge >= 0.3 is 0 Å². The molecule has 0 amide bonds. The number of nitrogens with zero attached hydrogens (tertiary/aromatic N) is 4. The highest BCUT2D eigenvalue weighted by atomic mass is 15.1. The highest BCUT2D eigenvalue weighted by Crippen LogP contribution is 2.59. The highest BCUT2D eigenvalue weighted by Gasteiger charge is 2.55. The van der Waals surface area contributed by atoms with Gasteiger partial charge in [-0.1, -0.05) is 31.2 Å². The molecule has 1 aliphatic rings. The minimum absolute atomic E-state index is 0.0117. The average Bonchev–Trinajstić information content (AvgIpc) is 3.31. The number of hydrogen-bond acceptors (Lipinski definition) is 3. The normalized spacial score (nSPS) is 21.6. The van der Waals surface area contributed by atoms with Crippen molar-refractivity contribution in [3.05, 3.63) is 78.4 Å². The Kier molecular flexibility index (Phi) is 3.03. The predicted molar refractivity (Wildman–Crippen MR) is 112 cm³/mol. The van der Waals surface area contributed by atoms with Crippen molar-refractivity contribution in [3.8, 4) is 0 Å². The van der Waals surface area contributed by atoms with Gasteiger partial charge in [-0.25, -0.2) is 4.98 Å². The molecule has 0 spiro atoms. The lowest BCUT2D eigenvalue weighted by Gasteiger charge is -2.12. The maximum Gasteiger partial charge on any atom is 0.116 e. The molecule has 2 atom stereocenters. The van der Waals surface area contributed by atoms with Crippen molar-refractivity contribution in [1.82, 2.24) is 19.5 Å². The summed E-state index contributed by atoms with van der Waals surface area (Å²) in [5.74, 6) is 1.54. The van der Waals surface area contributed by atoms with E-state index in [0.29, 0.717) is 5.92 Å². The molecule has 4 nitrogen and oxygen atoms in total. The van der Waals surface area contributed by atoms with Crippen molar-refractivity contribution in [2.24, 2.45) is 7.05 Å². The number of para-hydroxylation sites is 1. The zero-order valence-electron chi connectivity index (χ0n) is 15.9. The van der Waals surface area contributed by atoms with E-state index >= 15 is 0 Å². The number of aromatic nitrogens is 4. The molecular formula is C24H20N4. The molecule has 3 heterocycles. The van der Waals surface area contributed by atoms with Gasteiger partial charge in [-0.05, 0) is 42.8 Å². The number of fused-ring (bicyclic) bond motifs is 4. The minimum Gasteiger partial charge on any atom is -0.331 e. The molecule has 136 valence electrons. The minimum atomic E-state index is 0.0117. The Morgan fingerprint density at radius 1 is 0.929 bits per heavy atom. The molecule has 28 heavy (non-hydrogen) atoms. The lowest BCUT2D eigenvalue weighted by Crippen LogP contribution is -2.12. The van der Waals surface area contributed by atoms with Gasteiger partial charge in [-0.2, -0.15) is 0 Å². The van der Waals surface area contributed by atoms with Crippen LogP contribution in [0, 0.1) is 0 Å². The largest absolute Gasteiger partial charge is 0.331 e. The van der Waals surface area contributed by atoms with E-state index in [2.05, 4.69) is 78.1 Å². The second kappa shape index (κ2) is 5.38. The van der Waals surface area contributed by atoms with Crippen LogP contribution in [0.5, 0.6) is 0 Å². The van der Waals surface area contributed by atoms with Crippen molar-refractivity contribution in [2.45, 2.75) is 24.7 Å². The van der Waals surface area contributed by atoms with Gasteiger partial charge in [0, 0.05) is 41.0 Å². The van der Waals surface area contributed by atoms with Crippen LogP contribution in [-0.4, -0.2) is 19.5 Å². The van der Waals surface area contributed by atoms with Crippen LogP contribution in [0.1, 0.15) is 30.8 Å². The molecule has 0 aliphatic heterocycles. The quantitative estimate of drug-likeness (QED) is 0.437. The summed E-state index contributed by atoms with van der Waals surface area (Å²) in [5.41, 5.74) is 5.44. The van der Waals surface area contributed by atoms with Gasteiger partial charge in [0.1, 0.15) is 5.82 Å². The molecule has 0 saturated heterocycles. The molecular weight excluding hydrogens is 344 g/mol. The van der Waals surface area contributed by atoms with Crippen molar-refractivity contribution < 1.29 is 0 Å². The van der Waals surface area contributed by atoms with Crippen LogP contribution in [0.2, 0.25) is 0 Å². The Labute approximate surface area is 162 Å². The molecule has 6 rings (SSSR count). The van der Waals surface area contributed by atoms with E-state index in [0.717, 1.165) is 39.7 Å². The van der Waals surface area contributed by atoms with E-state index in [1.165, 1.54) is 11.1 Å². The third-order valence-corrected chi connectivity index (χ3v) is 6.36. The predicted octanol–water partition coefficient (Wildman–Crippen LogP) is 5.11. The molecule has 2 aromatic carbocycles. The zero-order valence-corrected chi connectivity index (χ0v) is 15.9. The molecule has 1 aliphatic carbocycles. The maximum absolute atomic E-state index is 5.11. The molecule has 5 aromatic rings. The Hall–Kier alpha value is -3.27. The number of aryl methyl sites for hydroxylation is 1. The van der Waals surface area contributed by atoms with Gasteiger partial charge in [0.05, 0.1) is 22.1 Å². The fourth-order valence-corrected chi connectivity index (χ4v) is 4.64. The molecule has 0 bridgehead atoms. The van der Waals surface area contributed by atoms with Crippen molar-refractivity contribution in [2.75, 3.05) is 0 Å². The van der Waals surface area contributed by atoms with Crippen LogP contribution in [0.3, 0.4) is 0 Å². The second-order valence-corrected chi connectivity index (χ2v) is 8.10.